The summed E-state index contributed by atoms with van der Waals surface area (Å²) in [5, 5.41) is 8.81. The van der Waals surface area contributed by atoms with E-state index in [4.69, 9.17) is 9.84 Å². The van der Waals surface area contributed by atoms with Crippen LogP contribution in [0.3, 0.4) is 0 Å². The third-order valence-corrected chi connectivity index (χ3v) is 3.09. The zero-order valence-electron chi connectivity index (χ0n) is 11.8. The molecule has 1 amide bonds. The molecular formula is C14H18N2O4. The van der Waals surface area contributed by atoms with E-state index in [0.717, 1.165) is 0 Å². The summed E-state index contributed by atoms with van der Waals surface area (Å²) in [6.07, 6.45) is 1.16. The Morgan fingerprint density at radius 3 is 2.65 bits per heavy atom. The molecule has 1 aromatic rings. The molecule has 2 rings (SSSR count). The summed E-state index contributed by atoms with van der Waals surface area (Å²) in [4.78, 5) is 28.8. The molecule has 6 heteroatoms. The highest BCUT2D eigenvalue weighted by Gasteiger charge is 2.34. The quantitative estimate of drug-likeness (QED) is 0.885. The maximum absolute atomic E-state index is 12.4. The van der Waals surface area contributed by atoms with Gasteiger partial charge in [-0.2, -0.15) is 0 Å². The number of pyridine rings is 1. The molecule has 2 heterocycles. The molecule has 1 aliphatic rings. The van der Waals surface area contributed by atoms with Crippen molar-refractivity contribution in [2.45, 2.75) is 32.5 Å². The number of carboxylic acid groups (broad SMARTS) is 1. The maximum atomic E-state index is 12.4. The van der Waals surface area contributed by atoms with Crippen LogP contribution in [0.2, 0.25) is 0 Å². The number of morpholine rings is 1. The molecule has 0 spiro atoms. The number of hydrogen-bond donors (Lipinski definition) is 1. The molecule has 0 aromatic carbocycles. The van der Waals surface area contributed by atoms with E-state index in [1.807, 2.05) is 20.8 Å². The second kappa shape index (κ2) is 5.20. The van der Waals surface area contributed by atoms with Crippen LogP contribution in [0, 0.1) is 0 Å². The third kappa shape index (κ3) is 3.14. The van der Waals surface area contributed by atoms with Crippen molar-refractivity contribution < 1.29 is 19.4 Å². The first-order valence-corrected chi connectivity index (χ1v) is 6.45. The van der Waals surface area contributed by atoms with E-state index in [1.54, 1.807) is 4.90 Å². The van der Waals surface area contributed by atoms with Gasteiger partial charge >= 0.3 is 5.97 Å². The maximum Gasteiger partial charge on any atom is 0.337 e. The van der Waals surface area contributed by atoms with Crippen molar-refractivity contribution in [3.8, 4) is 0 Å². The van der Waals surface area contributed by atoms with Crippen LogP contribution in [0.25, 0.3) is 0 Å². The Balaban J connectivity index is 2.16. The number of aromatic nitrogens is 1. The molecule has 6 nitrogen and oxygen atoms in total. The van der Waals surface area contributed by atoms with Crippen molar-refractivity contribution in [1.82, 2.24) is 9.88 Å². The summed E-state index contributed by atoms with van der Waals surface area (Å²) in [5.74, 6) is -1.26. The van der Waals surface area contributed by atoms with Crippen LogP contribution in [0.5, 0.6) is 0 Å². The van der Waals surface area contributed by atoms with Crippen LogP contribution < -0.4 is 0 Å². The van der Waals surface area contributed by atoms with Crippen molar-refractivity contribution >= 4 is 11.9 Å². The molecule has 0 bridgehead atoms. The van der Waals surface area contributed by atoms with E-state index in [-0.39, 0.29) is 23.3 Å². The molecule has 0 aliphatic carbocycles. The molecule has 0 saturated carbocycles. The summed E-state index contributed by atoms with van der Waals surface area (Å²) >= 11 is 0. The highest BCUT2D eigenvalue weighted by molar-refractivity contribution is 5.93. The average Bonchev–Trinajstić information content (AvgIpc) is 2.35. The lowest BCUT2D eigenvalue weighted by Gasteiger charge is -2.41. The highest BCUT2D eigenvalue weighted by atomic mass is 16.5. The van der Waals surface area contributed by atoms with Crippen LogP contribution in [0.1, 0.15) is 41.6 Å². The minimum Gasteiger partial charge on any atom is -0.478 e. The summed E-state index contributed by atoms with van der Waals surface area (Å²) in [5.41, 5.74) is -0.0777. The third-order valence-electron chi connectivity index (χ3n) is 3.09. The van der Waals surface area contributed by atoms with Crippen LogP contribution in [0.15, 0.2) is 18.3 Å². The van der Waals surface area contributed by atoms with Gasteiger partial charge in [0.1, 0.15) is 5.69 Å². The Bertz CT molecular complexity index is 524. The van der Waals surface area contributed by atoms with Gasteiger partial charge in [-0.15, -0.1) is 0 Å². The molecule has 108 valence electrons. The van der Waals surface area contributed by atoms with Gasteiger partial charge in [-0.3, -0.25) is 9.78 Å². The molecule has 1 aliphatic heterocycles. The first kappa shape index (κ1) is 14.5. The lowest BCUT2D eigenvalue weighted by Crippen LogP contribution is -2.53. The second-order valence-electron chi connectivity index (χ2n) is 5.61. The smallest absolute Gasteiger partial charge is 0.337 e. The molecule has 1 fully saturated rings. The molecular weight excluding hydrogens is 260 g/mol. The summed E-state index contributed by atoms with van der Waals surface area (Å²) in [6.45, 7) is 6.78. The molecule has 1 unspecified atom stereocenters. The first-order valence-electron chi connectivity index (χ1n) is 6.45. The van der Waals surface area contributed by atoms with E-state index in [0.29, 0.717) is 13.1 Å². The van der Waals surface area contributed by atoms with E-state index < -0.39 is 11.6 Å². The zero-order valence-corrected chi connectivity index (χ0v) is 11.8. The number of nitrogens with zero attached hydrogens (tertiary/aromatic N) is 2. The van der Waals surface area contributed by atoms with Gasteiger partial charge in [0.05, 0.1) is 17.3 Å². The highest BCUT2D eigenvalue weighted by Crippen LogP contribution is 2.22. The lowest BCUT2D eigenvalue weighted by atomic mass is 10.1. The van der Waals surface area contributed by atoms with E-state index in [2.05, 4.69) is 4.98 Å². The number of hydrogen-bond acceptors (Lipinski definition) is 4. The fraction of sp³-hybridized carbons (Fsp3) is 0.500. The summed E-state index contributed by atoms with van der Waals surface area (Å²) in [7, 11) is 0. The minimum atomic E-state index is -1.06. The average molecular weight is 278 g/mol. The summed E-state index contributed by atoms with van der Waals surface area (Å²) < 4.78 is 5.75. The fourth-order valence-electron chi connectivity index (χ4n) is 2.42. The molecule has 1 N–H and O–H groups in total. The fourth-order valence-corrected chi connectivity index (χ4v) is 2.42. The molecule has 1 atom stereocenters. The number of aromatic carboxylic acids is 1. The van der Waals surface area contributed by atoms with Gasteiger partial charge in [-0.1, -0.05) is 0 Å². The van der Waals surface area contributed by atoms with Crippen molar-refractivity contribution in [1.29, 1.82) is 0 Å². The first-order chi connectivity index (χ1) is 9.28. The molecule has 1 aromatic heterocycles. The Hall–Kier alpha value is -1.95. The largest absolute Gasteiger partial charge is 0.478 e. The number of rotatable bonds is 2. The van der Waals surface area contributed by atoms with Crippen LogP contribution in [0.4, 0.5) is 0 Å². The predicted molar refractivity (Wildman–Crippen MR) is 71.7 cm³/mol. The van der Waals surface area contributed by atoms with Gasteiger partial charge in [-0.05, 0) is 32.9 Å². The van der Waals surface area contributed by atoms with Crippen LogP contribution >= 0.6 is 0 Å². The van der Waals surface area contributed by atoms with Gasteiger partial charge in [-0.25, -0.2) is 4.79 Å². The predicted octanol–water partition coefficient (Wildman–Crippen LogP) is 1.42. The van der Waals surface area contributed by atoms with Gasteiger partial charge in [0.15, 0.2) is 0 Å². The SMILES string of the molecule is CC1CN(C(=O)c2ccc(C(=O)O)cn2)CC(C)(C)O1. The monoisotopic (exact) mass is 278 g/mol. The van der Waals surface area contributed by atoms with Crippen molar-refractivity contribution in [3.05, 3.63) is 29.6 Å². The Morgan fingerprint density at radius 1 is 1.45 bits per heavy atom. The van der Waals surface area contributed by atoms with Gasteiger partial charge in [0.25, 0.3) is 5.91 Å². The molecule has 0 radical (unpaired) electrons. The standard InChI is InChI=1S/C14H18N2O4/c1-9-7-16(8-14(2,3)20-9)12(17)11-5-4-10(6-15-11)13(18)19/h4-6,9H,7-8H2,1-3H3,(H,18,19). The van der Waals surface area contributed by atoms with Crippen LogP contribution in [-0.2, 0) is 4.74 Å². The zero-order chi connectivity index (χ0) is 14.9. The number of carbonyl (C=O) groups is 2. The molecule has 1 saturated heterocycles. The van der Waals surface area contributed by atoms with Crippen molar-refractivity contribution in [2.75, 3.05) is 13.1 Å². The van der Waals surface area contributed by atoms with E-state index in [9.17, 15) is 9.59 Å². The number of amides is 1. The topological polar surface area (TPSA) is 79.7 Å². The van der Waals surface area contributed by atoms with E-state index in [1.165, 1.54) is 18.3 Å². The van der Waals surface area contributed by atoms with Gasteiger partial charge in [0.2, 0.25) is 0 Å². The van der Waals surface area contributed by atoms with E-state index >= 15 is 0 Å². The number of ether oxygens (including phenoxy) is 1. The van der Waals surface area contributed by atoms with Crippen molar-refractivity contribution in [2.24, 2.45) is 0 Å². The Morgan fingerprint density at radius 2 is 2.15 bits per heavy atom. The summed E-state index contributed by atoms with van der Waals surface area (Å²) in [6, 6.07) is 2.83. The second-order valence-corrected chi connectivity index (χ2v) is 5.61. The minimum absolute atomic E-state index is 0.0407. The van der Waals surface area contributed by atoms with Crippen molar-refractivity contribution in [3.63, 3.8) is 0 Å². The Labute approximate surface area is 117 Å². The molecule has 20 heavy (non-hydrogen) atoms. The van der Waals surface area contributed by atoms with Gasteiger partial charge in [0, 0.05) is 19.3 Å². The normalized spacial score (nSPS) is 21.6. The number of carboxylic acids is 1. The number of carbonyl (C=O) groups excluding carboxylic acids is 1. The van der Waals surface area contributed by atoms with Gasteiger partial charge < -0.3 is 14.7 Å². The lowest BCUT2D eigenvalue weighted by molar-refractivity contribution is -0.118. The van der Waals surface area contributed by atoms with Crippen LogP contribution in [-0.4, -0.2) is 51.7 Å². The Kier molecular flexibility index (Phi) is 3.76.